The van der Waals surface area contributed by atoms with E-state index in [1.54, 1.807) is 11.7 Å². The molecule has 1 aromatic rings. The van der Waals surface area contributed by atoms with E-state index >= 15 is 0 Å². The molecular weight excluding hydrogens is 228 g/mol. The lowest BCUT2D eigenvalue weighted by Gasteiger charge is -2.13. The number of nitrogens with zero attached hydrogens (tertiary/aromatic N) is 2. The van der Waals surface area contributed by atoms with Crippen molar-refractivity contribution in [2.45, 2.75) is 40.0 Å². The summed E-state index contributed by atoms with van der Waals surface area (Å²) in [7, 11) is 1.75. The lowest BCUT2D eigenvalue weighted by molar-refractivity contribution is 0.0938. The molecule has 0 fully saturated rings. The highest BCUT2D eigenvalue weighted by Crippen LogP contribution is 2.17. The fraction of sp³-hybridized carbons (Fsp3) is 0.692. The quantitative estimate of drug-likeness (QED) is 0.809. The number of aryl methyl sites for hydroxylation is 2. The topological polar surface area (TPSA) is 72.9 Å². The monoisotopic (exact) mass is 252 g/mol. The Bertz CT molecular complexity index is 407. The first kappa shape index (κ1) is 14.5. The van der Waals surface area contributed by atoms with Crippen molar-refractivity contribution in [2.75, 3.05) is 12.3 Å². The van der Waals surface area contributed by atoms with Gasteiger partial charge in [0.15, 0.2) is 0 Å². The van der Waals surface area contributed by atoms with Gasteiger partial charge in [0.05, 0.1) is 11.4 Å². The van der Waals surface area contributed by atoms with Crippen molar-refractivity contribution < 1.29 is 4.79 Å². The van der Waals surface area contributed by atoms with Crippen LogP contribution in [0.3, 0.4) is 0 Å². The Kier molecular flexibility index (Phi) is 5.19. The van der Waals surface area contributed by atoms with Gasteiger partial charge in [-0.15, -0.1) is 0 Å². The van der Waals surface area contributed by atoms with Crippen LogP contribution in [-0.2, 0) is 13.5 Å². The van der Waals surface area contributed by atoms with Crippen LogP contribution in [0.4, 0.5) is 5.69 Å². The zero-order chi connectivity index (χ0) is 13.7. The molecule has 1 heterocycles. The molecule has 1 amide bonds. The summed E-state index contributed by atoms with van der Waals surface area (Å²) in [5, 5.41) is 7.19. The summed E-state index contributed by atoms with van der Waals surface area (Å²) in [6.07, 6.45) is 2.87. The number of rotatable bonds is 6. The summed E-state index contributed by atoms with van der Waals surface area (Å²) in [6.45, 7) is 6.93. The van der Waals surface area contributed by atoms with E-state index in [1.807, 2.05) is 6.92 Å². The second-order valence-electron chi connectivity index (χ2n) is 4.58. The molecule has 0 saturated carbocycles. The molecule has 0 radical (unpaired) electrons. The second kappa shape index (κ2) is 6.42. The van der Waals surface area contributed by atoms with Gasteiger partial charge in [-0.2, -0.15) is 5.10 Å². The summed E-state index contributed by atoms with van der Waals surface area (Å²) in [5.41, 5.74) is 7.70. The average molecular weight is 252 g/mol. The zero-order valence-corrected chi connectivity index (χ0v) is 11.8. The van der Waals surface area contributed by atoms with Crippen LogP contribution >= 0.6 is 0 Å². The van der Waals surface area contributed by atoms with Crippen LogP contribution in [0.15, 0.2) is 0 Å². The summed E-state index contributed by atoms with van der Waals surface area (Å²) in [5.74, 6) is 0.392. The Morgan fingerprint density at radius 3 is 2.44 bits per heavy atom. The number of amides is 1. The average Bonchev–Trinajstić information content (AvgIpc) is 2.65. The fourth-order valence-corrected chi connectivity index (χ4v) is 2.02. The first-order chi connectivity index (χ1) is 8.54. The summed E-state index contributed by atoms with van der Waals surface area (Å²) < 4.78 is 1.57. The SMILES string of the molecule is CCc1nn(C)c(C(=O)NCC(CC)CC)c1N. The van der Waals surface area contributed by atoms with Crippen molar-refractivity contribution in [1.29, 1.82) is 0 Å². The highest BCUT2D eigenvalue weighted by Gasteiger charge is 2.19. The zero-order valence-electron chi connectivity index (χ0n) is 11.8. The maximum absolute atomic E-state index is 12.1. The van der Waals surface area contributed by atoms with Gasteiger partial charge in [-0.25, -0.2) is 0 Å². The van der Waals surface area contributed by atoms with Crippen molar-refractivity contribution in [3.05, 3.63) is 11.4 Å². The largest absolute Gasteiger partial charge is 0.395 e. The predicted molar refractivity (Wildman–Crippen MR) is 73.4 cm³/mol. The number of hydrogen-bond acceptors (Lipinski definition) is 3. The molecule has 0 atom stereocenters. The lowest BCUT2D eigenvalue weighted by atomic mass is 10.0. The minimum atomic E-state index is -0.130. The molecule has 0 aromatic carbocycles. The van der Waals surface area contributed by atoms with Gasteiger partial charge in [0.25, 0.3) is 5.91 Å². The van der Waals surface area contributed by atoms with Gasteiger partial charge >= 0.3 is 0 Å². The molecule has 3 N–H and O–H groups in total. The van der Waals surface area contributed by atoms with Crippen molar-refractivity contribution in [2.24, 2.45) is 13.0 Å². The molecular formula is C13H24N4O. The molecule has 0 bridgehead atoms. The summed E-state index contributed by atoms with van der Waals surface area (Å²) >= 11 is 0. The third kappa shape index (κ3) is 3.03. The van der Waals surface area contributed by atoms with E-state index in [9.17, 15) is 4.79 Å². The molecule has 0 unspecified atom stereocenters. The number of aromatic nitrogens is 2. The van der Waals surface area contributed by atoms with Crippen LogP contribution in [0.2, 0.25) is 0 Å². The first-order valence-corrected chi connectivity index (χ1v) is 6.64. The van der Waals surface area contributed by atoms with Crippen LogP contribution in [-0.4, -0.2) is 22.2 Å². The minimum absolute atomic E-state index is 0.130. The van der Waals surface area contributed by atoms with E-state index in [4.69, 9.17) is 5.73 Å². The molecule has 0 aliphatic rings. The molecule has 5 nitrogen and oxygen atoms in total. The first-order valence-electron chi connectivity index (χ1n) is 6.64. The third-order valence-electron chi connectivity index (χ3n) is 3.42. The van der Waals surface area contributed by atoms with Gasteiger partial charge in [-0.1, -0.05) is 33.6 Å². The van der Waals surface area contributed by atoms with Crippen molar-refractivity contribution >= 4 is 11.6 Å². The molecule has 0 aliphatic carbocycles. The molecule has 1 aromatic heterocycles. The fourth-order valence-electron chi connectivity index (χ4n) is 2.02. The van der Waals surface area contributed by atoms with E-state index in [-0.39, 0.29) is 5.91 Å². The number of carbonyl (C=O) groups is 1. The molecule has 0 aliphatic heterocycles. The number of nitrogens with one attached hydrogen (secondary N) is 1. The van der Waals surface area contributed by atoms with Crippen LogP contribution in [0, 0.1) is 5.92 Å². The summed E-state index contributed by atoms with van der Waals surface area (Å²) in [4.78, 5) is 12.1. The number of nitrogen functional groups attached to an aromatic ring is 1. The minimum Gasteiger partial charge on any atom is -0.395 e. The van der Waals surface area contributed by atoms with Crippen LogP contribution in [0.25, 0.3) is 0 Å². The van der Waals surface area contributed by atoms with E-state index in [2.05, 4.69) is 24.3 Å². The van der Waals surface area contributed by atoms with Gasteiger partial charge in [0, 0.05) is 13.6 Å². The highest BCUT2D eigenvalue weighted by atomic mass is 16.2. The molecule has 1 rings (SSSR count). The Hall–Kier alpha value is -1.52. The second-order valence-corrected chi connectivity index (χ2v) is 4.58. The molecule has 5 heteroatoms. The maximum atomic E-state index is 12.1. The van der Waals surface area contributed by atoms with Crippen molar-refractivity contribution in [3.8, 4) is 0 Å². The Labute approximate surface area is 109 Å². The van der Waals surface area contributed by atoms with Crippen LogP contribution in [0.5, 0.6) is 0 Å². The van der Waals surface area contributed by atoms with Gasteiger partial charge in [-0.05, 0) is 12.3 Å². The number of hydrogen-bond donors (Lipinski definition) is 2. The Morgan fingerprint density at radius 1 is 1.39 bits per heavy atom. The third-order valence-corrected chi connectivity index (χ3v) is 3.42. The van der Waals surface area contributed by atoms with Crippen LogP contribution in [0.1, 0.15) is 49.8 Å². The standard InChI is InChI=1S/C13H24N4O/c1-5-9(6-2)8-15-13(18)12-11(14)10(7-3)16-17(12)4/h9H,5-8,14H2,1-4H3,(H,15,18). The maximum Gasteiger partial charge on any atom is 0.271 e. The van der Waals surface area contributed by atoms with Crippen molar-refractivity contribution in [3.63, 3.8) is 0 Å². The highest BCUT2D eigenvalue weighted by molar-refractivity contribution is 5.97. The van der Waals surface area contributed by atoms with Gasteiger partial charge in [-0.3, -0.25) is 9.48 Å². The van der Waals surface area contributed by atoms with E-state index in [1.165, 1.54) is 0 Å². The molecule has 18 heavy (non-hydrogen) atoms. The molecule has 0 spiro atoms. The van der Waals surface area contributed by atoms with Gasteiger partial charge in [0.1, 0.15) is 5.69 Å². The Morgan fingerprint density at radius 2 is 2.00 bits per heavy atom. The van der Waals surface area contributed by atoms with Crippen LogP contribution < -0.4 is 11.1 Å². The Balaban J connectivity index is 2.75. The number of anilines is 1. The van der Waals surface area contributed by atoms with Gasteiger partial charge < -0.3 is 11.1 Å². The van der Waals surface area contributed by atoms with Crippen molar-refractivity contribution in [1.82, 2.24) is 15.1 Å². The number of carbonyl (C=O) groups excluding carboxylic acids is 1. The summed E-state index contributed by atoms with van der Waals surface area (Å²) in [6, 6.07) is 0. The predicted octanol–water partition coefficient (Wildman–Crippen LogP) is 1.73. The molecule has 0 saturated heterocycles. The van der Waals surface area contributed by atoms with E-state index in [0.717, 1.165) is 25.0 Å². The van der Waals surface area contributed by atoms with Gasteiger partial charge in [0.2, 0.25) is 0 Å². The molecule has 102 valence electrons. The van der Waals surface area contributed by atoms with E-state index < -0.39 is 0 Å². The smallest absolute Gasteiger partial charge is 0.271 e. The normalized spacial score (nSPS) is 10.9. The lowest BCUT2D eigenvalue weighted by Crippen LogP contribution is -2.31. The number of nitrogens with two attached hydrogens (primary N) is 1. The van der Waals surface area contributed by atoms with E-state index in [0.29, 0.717) is 23.8 Å².